The molecule has 0 radical (unpaired) electrons. The molecule has 18 heavy (non-hydrogen) atoms. The zero-order valence-electron chi connectivity index (χ0n) is 11.8. The number of imidazole rings is 1. The van der Waals surface area contributed by atoms with Crippen LogP contribution in [-0.2, 0) is 6.54 Å². The summed E-state index contributed by atoms with van der Waals surface area (Å²) in [5.41, 5.74) is 2.43. The maximum atomic E-state index is 4.58. The van der Waals surface area contributed by atoms with Gasteiger partial charge in [-0.3, -0.25) is 0 Å². The van der Waals surface area contributed by atoms with Gasteiger partial charge in [0.1, 0.15) is 5.65 Å². The molecule has 2 aromatic heterocycles. The van der Waals surface area contributed by atoms with Gasteiger partial charge in [-0.05, 0) is 23.5 Å². The Balaban J connectivity index is 1.94. The monoisotopic (exact) mass is 245 g/mol. The molecule has 3 heteroatoms. The van der Waals surface area contributed by atoms with Gasteiger partial charge in [0, 0.05) is 25.5 Å². The van der Waals surface area contributed by atoms with Crippen LogP contribution in [0.5, 0.6) is 0 Å². The van der Waals surface area contributed by atoms with E-state index >= 15 is 0 Å². The molecule has 0 aliphatic rings. The summed E-state index contributed by atoms with van der Waals surface area (Å²) >= 11 is 0. The van der Waals surface area contributed by atoms with Crippen LogP contribution in [-0.4, -0.2) is 15.9 Å². The first-order valence-electron chi connectivity index (χ1n) is 6.62. The minimum Gasteiger partial charge on any atom is -0.311 e. The quantitative estimate of drug-likeness (QED) is 0.877. The van der Waals surface area contributed by atoms with Crippen molar-refractivity contribution in [3.05, 3.63) is 36.3 Å². The molecule has 3 nitrogen and oxygen atoms in total. The lowest BCUT2D eigenvalue weighted by molar-refractivity contribution is 0.237. The standard InChI is InChI=1S/C15H23N3/c1-12(2)15(3,4)11-16-9-13-10-18-8-6-5-7-14(18)17-13/h5-8,10,12,16H,9,11H2,1-4H3. The molecule has 98 valence electrons. The van der Waals surface area contributed by atoms with Crippen molar-refractivity contribution in [1.82, 2.24) is 14.7 Å². The van der Waals surface area contributed by atoms with E-state index in [2.05, 4.69) is 48.6 Å². The summed E-state index contributed by atoms with van der Waals surface area (Å²) in [5.74, 6) is 0.672. The molecule has 2 heterocycles. The van der Waals surface area contributed by atoms with Crippen LogP contribution in [0.2, 0.25) is 0 Å². The molecule has 0 fully saturated rings. The number of nitrogens with zero attached hydrogens (tertiary/aromatic N) is 2. The van der Waals surface area contributed by atoms with Crippen LogP contribution in [0.15, 0.2) is 30.6 Å². The number of nitrogens with one attached hydrogen (secondary N) is 1. The fourth-order valence-electron chi connectivity index (χ4n) is 1.79. The summed E-state index contributed by atoms with van der Waals surface area (Å²) in [7, 11) is 0. The molecule has 2 aromatic rings. The minimum absolute atomic E-state index is 0.319. The first-order valence-corrected chi connectivity index (χ1v) is 6.62. The maximum absolute atomic E-state index is 4.58. The fraction of sp³-hybridized carbons (Fsp3) is 0.533. The molecular weight excluding hydrogens is 222 g/mol. The van der Waals surface area contributed by atoms with Crippen LogP contribution in [0.25, 0.3) is 5.65 Å². The number of rotatable bonds is 5. The van der Waals surface area contributed by atoms with Crippen LogP contribution in [0.4, 0.5) is 0 Å². The summed E-state index contributed by atoms with van der Waals surface area (Å²) in [6.45, 7) is 11.0. The highest BCUT2D eigenvalue weighted by molar-refractivity contribution is 5.39. The van der Waals surface area contributed by atoms with Gasteiger partial charge in [0.15, 0.2) is 0 Å². The molecular formula is C15H23N3. The van der Waals surface area contributed by atoms with Crippen molar-refractivity contribution >= 4 is 5.65 Å². The maximum Gasteiger partial charge on any atom is 0.137 e. The first kappa shape index (κ1) is 13.1. The Kier molecular flexibility index (Phi) is 3.71. The van der Waals surface area contributed by atoms with Gasteiger partial charge >= 0.3 is 0 Å². The largest absolute Gasteiger partial charge is 0.311 e. The van der Waals surface area contributed by atoms with E-state index in [9.17, 15) is 0 Å². The molecule has 0 bridgehead atoms. The van der Waals surface area contributed by atoms with Gasteiger partial charge in [0.05, 0.1) is 5.69 Å². The van der Waals surface area contributed by atoms with E-state index in [0.29, 0.717) is 11.3 Å². The third kappa shape index (κ3) is 2.91. The van der Waals surface area contributed by atoms with Gasteiger partial charge in [-0.2, -0.15) is 0 Å². The molecule has 0 saturated heterocycles. The minimum atomic E-state index is 0.319. The summed E-state index contributed by atoms with van der Waals surface area (Å²) in [6.07, 6.45) is 4.12. The van der Waals surface area contributed by atoms with E-state index in [1.165, 1.54) is 0 Å². The van der Waals surface area contributed by atoms with Gasteiger partial charge < -0.3 is 9.72 Å². The molecule has 0 saturated carbocycles. The van der Waals surface area contributed by atoms with Crippen molar-refractivity contribution in [1.29, 1.82) is 0 Å². The van der Waals surface area contributed by atoms with Gasteiger partial charge in [-0.1, -0.05) is 33.8 Å². The lowest BCUT2D eigenvalue weighted by Gasteiger charge is -2.29. The normalized spacial score (nSPS) is 12.5. The molecule has 0 amide bonds. The molecule has 0 unspecified atom stereocenters. The lowest BCUT2D eigenvalue weighted by Crippen LogP contribution is -2.33. The zero-order valence-corrected chi connectivity index (χ0v) is 11.8. The Morgan fingerprint density at radius 3 is 2.78 bits per heavy atom. The summed E-state index contributed by atoms with van der Waals surface area (Å²) in [6, 6.07) is 6.07. The van der Waals surface area contributed by atoms with Crippen LogP contribution in [0.3, 0.4) is 0 Å². The van der Waals surface area contributed by atoms with Crippen molar-refractivity contribution in [2.75, 3.05) is 6.54 Å². The van der Waals surface area contributed by atoms with E-state index < -0.39 is 0 Å². The van der Waals surface area contributed by atoms with Crippen molar-refractivity contribution in [2.45, 2.75) is 34.2 Å². The van der Waals surface area contributed by atoms with E-state index in [4.69, 9.17) is 0 Å². The predicted octanol–water partition coefficient (Wildman–Crippen LogP) is 3.11. The Morgan fingerprint density at radius 1 is 1.33 bits per heavy atom. The van der Waals surface area contributed by atoms with Crippen LogP contribution >= 0.6 is 0 Å². The Hall–Kier alpha value is -1.35. The highest BCUT2D eigenvalue weighted by Gasteiger charge is 2.21. The second-order valence-corrected chi connectivity index (χ2v) is 5.95. The molecule has 0 atom stereocenters. The molecule has 1 N–H and O–H groups in total. The summed E-state index contributed by atoms with van der Waals surface area (Å²) in [4.78, 5) is 4.58. The second-order valence-electron chi connectivity index (χ2n) is 5.95. The number of fused-ring (bicyclic) bond motifs is 1. The lowest BCUT2D eigenvalue weighted by atomic mass is 9.81. The summed E-state index contributed by atoms with van der Waals surface area (Å²) < 4.78 is 2.06. The van der Waals surface area contributed by atoms with Crippen molar-refractivity contribution < 1.29 is 0 Å². The van der Waals surface area contributed by atoms with E-state index in [-0.39, 0.29) is 0 Å². The van der Waals surface area contributed by atoms with Gasteiger partial charge in [-0.15, -0.1) is 0 Å². The van der Waals surface area contributed by atoms with Crippen molar-refractivity contribution in [3.63, 3.8) is 0 Å². The molecule has 0 spiro atoms. The Labute approximate surface area is 109 Å². The molecule has 0 aliphatic carbocycles. The molecule has 0 aliphatic heterocycles. The number of hydrogen-bond acceptors (Lipinski definition) is 2. The summed E-state index contributed by atoms with van der Waals surface area (Å²) in [5, 5.41) is 3.51. The number of hydrogen-bond donors (Lipinski definition) is 1. The third-order valence-electron chi connectivity index (χ3n) is 3.86. The van der Waals surface area contributed by atoms with Gasteiger partial charge in [0.25, 0.3) is 0 Å². The molecule has 0 aromatic carbocycles. The fourth-order valence-corrected chi connectivity index (χ4v) is 1.79. The SMILES string of the molecule is CC(C)C(C)(C)CNCc1cn2ccccc2n1. The second kappa shape index (κ2) is 5.11. The first-order chi connectivity index (χ1) is 8.49. The van der Waals surface area contributed by atoms with Gasteiger partial charge in [0.2, 0.25) is 0 Å². The predicted molar refractivity (Wildman–Crippen MR) is 75.5 cm³/mol. The van der Waals surface area contributed by atoms with Gasteiger partial charge in [-0.25, -0.2) is 4.98 Å². The van der Waals surface area contributed by atoms with Crippen LogP contribution in [0, 0.1) is 11.3 Å². The zero-order chi connectivity index (χ0) is 13.2. The average Bonchev–Trinajstić information content (AvgIpc) is 2.70. The van der Waals surface area contributed by atoms with E-state index in [0.717, 1.165) is 24.4 Å². The Morgan fingerprint density at radius 2 is 2.11 bits per heavy atom. The Bertz CT molecular complexity index is 478. The van der Waals surface area contributed by atoms with E-state index in [1.54, 1.807) is 0 Å². The smallest absolute Gasteiger partial charge is 0.137 e. The van der Waals surface area contributed by atoms with Crippen molar-refractivity contribution in [2.24, 2.45) is 11.3 Å². The highest BCUT2D eigenvalue weighted by atomic mass is 15.0. The number of pyridine rings is 1. The highest BCUT2D eigenvalue weighted by Crippen LogP contribution is 2.24. The van der Waals surface area contributed by atoms with E-state index in [1.807, 2.05) is 24.4 Å². The third-order valence-corrected chi connectivity index (χ3v) is 3.86. The topological polar surface area (TPSA) is 29.3 Å². The number of aromatic nitrogens is 2. The van der Waals surface area contributed by atoms with Crippen LogP contribution in [0.1, 0.15) is 33.4 Å². The van der Waals surface area contributed by atoms with Crippen molar-refractivity contribution in [3.8, 4) is 0 Å². The average molecular weight is 245 g/mol. The van der Waals surface area contributed by atoms with Crippen LogP contribution < -0.4 is 5.32 Å². The molecule has 2 rings (SSSR count).